The molecule has 0 aliphatic heterocycles. The van der Waals surface area contributed by atoms with E-state index in [0.717, 1.165) is 25.7 Å². The Labute approximate surface area is 196 Å². The van der Waals surface area contributed by atoms with E-state index in [2.05, 4.69) is 17.3 Å². The molecule has 0 radical (unpaired) electrons. The Bertz CT molecular complexity index is 1370. The number of aryl methyl sites for hydroxylation is 1. The molecule has 34 heavy (non-hydrogen) atoms. The summed E-state index contributed by atoms with van der Waals surface area (Å²) in [6.07, 6.45) is 3.76. The Balaban J connectivity index is 1.74. The quantitative estimate of drug-likeness (QED) is 0.330. The number of sulfonamides is 1. The largest absolute Gasteiger partial charge is 0.451 e. The summed E-state index contributed by atoms with van der Waals surface area (Å²) in [5, 5.41) is 12.4. The average molecular weight is 487 g/mol. The summed E-state index contributed by atoms with van der Waals surface area (Å²) in [4.78, 5) is 37.6. The van der Waals surface area contributed by atoms with Crippen LogP contribution in [0, 0.1) is 0 Å². The van der Waals surface area contributed by atoms with Gasteiger partial charge in [0.25, 0.3) is 11.5 Å². The number of esters is 1. The first kappa shape index (κ1) is 25.1. The van der Waals surface area contributed by atoms with Crippen LogP contribution in [0.2, 0.25) is 0 Å². The number of ether oxygens (including phenoxy) is 1. The van der Waals surface area contributed by atoms with Gasteiger partial charge >= 0.3 is 5.97 Å². The fraction of sp³-hybridized carbons (Fsp3) is 0.304. The molecule has 1 amide bonds. The lowest BCUT2D eigenvalue weighted by Crippen LogP contribution is -2.28. The van der Waals surface area contributed by atoms with Gasteiger partial charge in [0, 0.05) is 17.6 Å². The maximum absolute atomic E-state index is 12.8. The second kappa shape index (κ2) is 11.0. The summed E-state index contributed by atoms with van der Waals surface area (Å²) < 4.78 is 29.3. The minimum atomic E-state index is -3.93. The van der Waals surface area contributed by atoms with Crippen LogP contribution in [0.15, 0.2) is 58.2 Å². The predicted octanol–water partition coefficient (Wildman–Crippen LogP) is 2.42. The van der Waals surface area contributed by atoms with Gasteiger partial charge in [0.15, 0.2) is 12.3 Å². The van der Waals surface area contributed by atoms with Crippen molar-refractivity contribution in [3.63, 3.8) is 0 Å². The third-order valence-electron chi connectivity index (χ3n) is 5.07. The number of hydrogen-bond donors (Lipinski definition) is 2. The van der Waals surface area contributed by atoms with Crippen molar-refractivity contribution in [1.29, 1.82) is 0 Å². The zero-order valence-corrected chi connectivity index (χ0v) is 19.5. The number of nitrogens with zero attached hydrogens (tertiary/aromatic N) is 2. The number of carbonyl (C=O) groups excluding carboxylic acids is 2. The number of rotatable bonds is 10. The van der Waals surface area contributed by atoms with E-state index in [1.54, 1.807) is 24.3 Å². The number of anilines is 1. The molecule has 0 bridgehead atoms. The maximum atomic E-state index is 12.8. The molecule has 1 heterocycles. The van der Waals surface area contributed by atoms with Gasteiger partial charge < -0.3 is 10.1 Å². The van der Waals surface area contributed by atoms with E-state index in [-0.39, 0.29) is 21.8 Å². The first-order valence-corrected chi connectivity index (χ1v) is 12.3. The highest BCUT2D eigenvalue weighted by atomic mass is 32.2. The number of hydrogen-bond acceptors (Lipinski definition) is 7. The Morgan fingerprint density at radius 3 is 2.50 bits per heavy atom. The van der Waals surface area contributed by atoms with Crippen LogP contribution in [0.3, 0.4) is 0 Å². The van der Waals surface area contributed by atoms with Gasteiger partial charge in [0.1, 0.15) is 0 Å². The fourth-order valence-corrected chi connectivity index (χ4v) is 3.93. The third-order valence-corrected chi connectivity index (χ3v) is 5.98. The van der Waals surface area contributed by atoms with E-state index < -0.39 is 28.5 Å². The van der Waals surface area contributed by atoms with Crippen LogP contribution in [-0.4, -0.2) is 36.7 Å². The molecule has 180 valence electrons. The van der Waals surface area contributed by atoms with Crippen LogP contribution < -0.4 is 16.0 Å². The van der Waals surface area contributed by atoms with E-state index in [4.69, 9.17) is 9.88 Å². The molecule has 11 heteroatoms. The normalized spacial score (nSPS) is 11.4. The molecule has 0 saturated carbocycles. The molecule has 2 aromatic carbocycles. The number of primary sulfonamides is 1. The second-order valence-electron chi connectivity index (χ2n) is 7.68. The lowest BCUT2D eigenvalue weighted by molar-refractivity contribution is -0.119. The lowest BCUT2D eigenvalue weighted by atomic mass is 10.1. The molecule has 0 aliphatic rings. The molecule has 3 rings (SSSR count). The summed E-state index contributed by atoms with van der Waals surface area (Å²) in [5.41, 5.74) is -0.178. The lowest BCUT2D eigenvalue weighted by Gasteiger charge is -2.11. The third kappa shape index (κ3) is 6.27. The average Bonchev–Trinajstić information content (AvgIpc) is 2.81. The van der Waals surface area contributed by atoms with Crippen molar-refractivity contribution in [2.75, 3.05) is 11.9 Å². The maximum Gasteiger partial charge on any atom is 0.359 e. The number of benzene rings is 2. The van der Waals surface area contributed by atoms with Crippen molar-refractivity contribution in [2.45, 2.75) is 44.0 Å². The van der Waals surface area contributed by atoms with Gasteiger partial charge in [-0.15, -0.1) is 0 Å². The van der Waals surface area contributed by atoms with Crippen molar-refractivity contribution in [2.24, 2.45) is 5.14 Å². The Kier molecular flexibility index (Phi) is 8.13. The summed E-state index contributed by atoms with van der Waals surface area (Å²) in [7, 11) is -3.93. The van der Waals surface area contributed by atoms with Gasteiger partial charge in [-0.2, -0.15) is 5.10 Å². The van der Waals surface area contributed by atoms with Crippen molar-refractivity contribution in [3.05, 3.63) is 64.6 Å². The van der Waals surface area contributed by atoms with Crippen LogP contribution >= 0.6 is 0 Å². The van der Waals surface area contributed by atoms with E-state index in [1.165, 1.54) is 28.9 Å². The van der Waals surface area contributed by atoms with Gasteiger partial charge in [0.05, 0.1) is 10.3 Å². The number of nitrogens with two attached hydrogens (primary N) is 1. The van der Waals surface area contributed by atoms with Gasteiger partial charge in [0.2, 0.25) is 10.0 Å². The zero-order chi connectivity index (χ0) is 24.7. The molecule has 1 aromatic heterocycles. The smallest absolute Gasteiger partial charge is 0.359 e. The van der Waals surface area contributed by atoms with Gasteiger partial charge in [-0.1, -0.05) is 50.5 Å². The highest BCUT2D eigenvalue weighted by molar-refractivity contribution is 7.89. The van der Waals surface area contributed by atoms with Crippen molar-refractivity contribution in [3.8, 4) is 0 Å². The molecule has 3 N–H and O–H groups in total. The molecule has 0 aliphatic carbocycles. The monoisotopic (exact) mass is 486 g/mol. The molecular formula is C23H26N4O6S. The van der Waals surface area contributed by atoms with Crippen LogP contribution in [0.4, 0.5) is 5.69 Å². The topological polar surface area (TPSA) is 150 Å². The molecule has 0 unspecified atom stereocenters. The number of unbranched alkanes of at least 4 members (excludes halogenated alkanes) is 3. The van der Waals surface area contributed by atoms with Gasteiger partial charge in [-0.25, -0.2) is 23.0 Å². The van der Waals surface area contributed by atoms with E-state index in [9.17, 15) is 22.8 Å². The summed E-state index contributed by atoms with van der Waals surface area (Å²) >= 11 is 0. The first-order valence-electron chi connectivity index (χ1n) is 10.8. The number of nitrogens with one attached hydrogen (secondary N) is 1. The van der Waals surface area contributed by atoms with E-state index >= 15 is 0 Å². The number of aromatic nitrogens is 2. The van der Waals surface area contributed by atoms with Crippen molar-refractivity contribution in [1.82, 2.24) is 9.78 Å². The standard InChI is InChI=1S/C23H26N4O6S/c1-2-3-4-7-13-27-22(29)19-12-6-5-11-18(19)21(26-27)23(30)33-15-20(28)25-16-9-8-10-17(14-16)34(24,31)32/h5-6,8-12,14H,2-4,7,13,15H2,1H3,(H,25,28)(H2,24,31,32). The molecule has 0 atom stereocenters. The molecule has 3 aromatic rings. The second-order valence-corrected chi connectivity index (χ2v) is 9.24. The van der Waals surface area contributed by atoms with E-state index in [0.29, 0.717) is 17.3 Å². The number of amides is 1. The van der Waals surface area contributed by atoms with Crippen molar-refractivity contribution >= 4 is 38.4 Å². The SMILES string of the molecule is CCCCCCn1nc(C(=O)OCC(=O)Nc2cccc(S(N)(=O)=O)c2)c2ccccc2c1=O. The van der Waals surface area contributed by atoms with E-state index in [1.807, 2.05) is 0 Å². The molecule has 0 fully saturated rings. The zero-order valence-electron chi connectivity index (χ0n) is 18.7. The van der Waals surface area contributed by atoms with Gasteiger partial charge in [-0.05, 0) is 30.7 Å². The summed E-state index contributed by atoms with van der Waals surface area (Å²) in [6, 6.07) is 12.0. The molecule has 0 spiro atoms. The minimum Gasteiger partial charge on any atom is -0.451 e. The number of carbonyl (C=O) groups is 2. The Morgan fingerprint density at radius 2 is 1.79 bits per heavy atom. The fourth-order valence-electron chi connectivity index (χ4n) is 3.37. The molecule has 10 nitrogen and oxygen atoms in total. The number of fused-ring (bicyclic) bond motifs is 1. The highest BCUT2D eigenvalue weighted by Gasteiger charge is 2.19. The summed E-state index contributed by atoms with van der Waals surface area (Å²) in [5.74, 6) is -1.54. The van der Waals surface area contributed by atoms with Gasteiger partial charge in [-0.3, -0.25) is 9.59 Å². The molecular weight excluding hydrogens is 460 g/mol. The van der Waals surface area contributed by atoms with Crippen molar-refractivity contribution < 1.29 is 22.7 Å². The Morgan fingerprint density at radius 1 is 1.06 bits per heavy atom. The van der Waals surface area contributed by atoms with Crippen LogP contribution in [0.1, 0.15) is 43.1 Å². The predicted molar refractivity (Wildman–Crippen MR) is 127 cm³/mol. The summed E-state index contributed by atoms with van der Waals surface area (Å²) in [6.45, 7) is 1.82. The Hall–Kier alpha value is -3.57. The van der Waals surface area contributed by atoms with Crippen LogP contribution in [0.5, 0.6) is 0 Å². The van der Waals surface area contributed by atoms with Crippen LogP contribution in [-0.2, 0) is 26.1 Å². The minimum absolute atomic E-state index is 0.0604. The first-order chi connectivity index (χ1) is 16.2. The van der Waals surface area contributed by atoms with Crippen LogP contribution in [0.25, 0.3) is 10.8 Å². The highest BCUT2D eigenvalue weighted by Crippen LogP contribution is 2.16. The molecule has 0 saturated heterocycles.